The van der Waals surface area contributed by atoms with Crippen LogP contribution in [0.3, 0.4) is 0 Å². The van der Waals surface area contributed by atoms with E-state index < -0.39 is 17.4 Å². The van der Waals surface area contributed by atoms with Crippen molar-refractivity contribution in [2.75, 3.05) is 20.1 Å². The Bertz CT molecular complexity index is 1050. The topological polar surface area (TPSA) is 67.7 Å². The molecule has 2 fully saturated rings. The van der Waals surface area contributed by atoms with Gasteiger partial charge in [0, 0.05) is 32.5 Å². The molecule has 7 heteroatoms. The Morgan fingerprint density at radius 1 is 1.32 bits per heavy atom. The second kappa shape index (κ2) is 7.34. The van der Waals surface area contributed by atoms with Crippen molar-refractivity contribution >= 4 is 11.8 Å². The van der Waals surface area contributed by atoms with E-state index in [2.05, 4.69) is 37.1 Å². The first-order valence-corrected chi connectivity index (χ1v) is 10.8. The Morgan fingerprint density at radius 3 is 2.90 bits per heavy atom. The number of likely N-dealkylation sites (N-methyl/N-ethyl adjacent to an activating group) is 1. The van der Waals surface area contributed by atoms with Crippen molar-refractivity contribution in [3.05, 3.63) is 65.5 Å². The summed E-state index contributed by atoms with van der Waals surface area (Å²) in [7, 11) is 1.79. The lowest BCUT2D eigenvalue weighted by atomic mass is 9.76. The van der Waals surface area contributed by atoms with E-state index in [0.29, 0.717) is 26.2 Å². The maximum absolute atomic E-state index is 13.4. The van der Waals surface area contributed by atoms with E-state index >= 15 is 0 Å². The molecule has 1 aromatic carbocycles. The van der Waals surface area contributed by atoms with E-state index in [1.165, 1.54) is 11.1 Å². The van der Waals surface area contributed by atoms with E-state index in [1.54, 1.807) is 22.8 Å². The average Bonchev–Trinajstić information content (AvgIpc) is 3.51. The Balaban J connectivity index is 1.32. The van der Waals surface area contributed by atoms with E-state index in [-0.39, 0.29) is 17.9 Å². The number of amides is 2. The van der Waals surface area contributed by atoms with Crippen molar-refractivity contribution < 1.29 is 14.3 Å². The minimum atomic E-state index is -0.676. The largest absolute Gasteiger partial charge is 0.360 e. The molecule has 3 aliphatic rings. The third kappa shape index (κ3) is 3.28. The van der Waals surface area contributed by atoms with Crippen molar-refractivity contribution in [3.8, 4) is 0 Å². The number of aryl methyl sites for hydroxylation is 2. The third-order valence-electron chi connectivity index (χ3n) is 7.01. The number of fused-ring (bicyclic) bond motifs is 1. The molecule has 2 saturated heterocycles. The molecule has 1 spiro atoms. The van der Waals surface area contributed by atoms with Crippen LogP contribution in [0.4, 0.5) is 0 Å². The molecule has 0 aliphatic carbocycles. The molecule has 4 atom stereocenters. The van der Waals surface area contributed by atoms with Gasteiger partial charge in [-0.3, -0.25) is 14.3 Å². The molecule has 0 radical (unpaired) electrons. The molecule has 2 amide bonds. The zero-order valence-corrected chi connectivity index (χ0v) is 18.2. The molecule has 2 aromatic rings. The average molecular weight is 421 g/mol. The molecule has 5 rings (SSSR count). The summed E-state index contributed by atoms with van der Waals surface area (Å²) in [4.78, 5) is 30.3. The zero-order valence-electron chi connectivity index (χ0n) is 18.2. The number of nitrogens with zero attached hydrogens (tertiary/aromatic N) is 4. The van der Waals surface area contributed by atoms with Crippen LogP contribution < -0.4 is 0 Å². The zero-order chi connectivity index (χ0) is 21.8. The van der Waals surface area contributed by atoms with Gasteiger partial charge in [0.15, 0.2) is 0 Å². The maximum Gasteiger partial charge on any atom is 0.230 e. The summed E-state index contributed by atoms with van der Waals surface area (Å²) >= 11 is 0. The highest BCUT2D eigenvalue weighted by molar-refractivity contribution is 5.93. The molecule has 0 N–H and O–H groups in total. The molecular weight excluding hydrogens is 392 g/mol. The van der Waals surface area contributed by atoms with Gasteiger partial charge in [-0.15, -0.1) is 0 Å². The standard InChI is InChI=1S/C24H28N4O3/c1-16-5-6-18(13-17(16)2)14-27-15-24-8-7-19(31-24)20(21(24)23(27)30)22(29)26(3)11-12-28-10-4-9-25-28/h4-10,13,19-21H,11-12,14-15H2,1-3H3/t19-,20+,21-,24-/m0/s1. The lowest BCUT2D eigenvalue weighted by molar-refractivity contribution is -0.142. The normalized spacial score (nSPS) is 28.4. The van der Waals surface area contributed by atoms with Gasteiger partial charge < -0.3 is 14.5 Å². The molecule has 1 aromatic heterocycles. The van der Waals surface area contributed by atoms with Crippen LogP contribution >= 0.6 is 0 Å². The fourth-order valence-corrected chi connectivity index (χ4v) is 5.17. The summed E-state index contributed by atoms with van der Waals surface area (Å²) in [6, 6.07) is 8.16. The van der Waals surface area contributed by atoms with Crippen LogP contribution in [0.5, 0.6) is 0 Å². The van der Waals surface area contributed by atoms with E-state index in [4.69, 9.17) is 4.74 Å². The van der Waals surface area contributed by atoms with Crippen LogP contribution in [-0.2, 0) is 27.4 Å². The van der Waals surface area contributed by atoms with Crippen LogP contribution in [-0.4, -0.2) is 63.2 Å². The van der Waals surface area contributed by atoms with Crippen molar-refractivity contribution in [1.82, 2.24) is 19.6 Å². The van der Waals surface area contributed by atoms with E-state index in [1.807, 2.05) is 29.3 Å². The van der Waals surface area contributed by atoms with Crippen LogP contribution in [0, 0.1) is 25.7 Å². The highest BCUT2D eigenvalue weighted by Gasteiger charge is 2.67. The molecular formula is C24H28N4O3. The number of carbonyl (C=O) groups is 2. The molecule has 0 saturated carbocycles. The van der Waals surface area contributed by atoms with Crippen molar-refractivity contribution in [3.63, 3.8) is 0 Å². The Labute approximate surface area is 182 Å². The second-order valence-electron chi connectivity index (χ2n) is 9.04. The predicted octanol–water partition coefficient (Wildman–Crippen LogP) is 1.94. The van der Waals surface area contributed by atoms with Gasteiger partial charge in [-0.2, -0.15) is 5.10 Å². The smallest absolute Gasteiger partial charge is 0.230 e. The second-order valence-corrected chi connectivity index (χ2v) is 9.04. The highest BCUT2D eigenvalue weighted by atomic mass is 16.5. The molecule has 3 aliphatic heterocycles. The summed E-state index contributed by atoms with van der Waals surface area (Å²) in [5.74, 6) is -0.933. The van der Waals surface area contributed by atoms with Gasteiger partial charge >= 0.3 is 0 Å². The Hall–Kier alpha value is -2.93. The van der Waals surface area contributed by atoms with Gasteiger partial charge in [0.2, 0.25) is 11.8 Å². The van der Waals surface area contributed by atoms with Gasteiger partial charge in [0.25, 0.3) is 0 Å². The van der Waals surface area contributed by atoms with Gasteiger partial charge in [-0.1, -0.05) is 30.4 Å². The molecule has 0 unspecified atom stereocenters. The fraction of sp³-hybridized carbons (Fsp3) is 0.458. The van der Waals surface area contributed by atoms with Crippen LogP contribution in [0.25, 0.3) is 0 Å². The SMILES string of the molecule is Cc1ccc(CN2C[C@]34C=C[C@H](O3)[C@@H](C(=O)N(C)CCn3cccn3)[C@H]4C2=O)cc1C. The van der Waals surface area contributed by atoms with Crippen LogP contribution in [0.15, 0.2) is 48.8 Å². The third-order valence-corrected chi connectivity index (χ3v) is 7.01. The highest BCUT2D eigenvalue weighted by Crippen LogP contribution is 2.52. The Morgan fingerprint density at radius 2 is 2.16 bits per heavy atom. The quantitative estimate of drug-likeness (QED) is 0.670. The summed E-state index contributed by atoms with van der Waals surface area (Å²) < 4.78 is 8.06. The summed E-state index contributed by atoms with van der Waals surface area (Å²) in [5, 5.41) is 4.19. The predicted molar refractivity (Wildman–Crippen MR) is 115 cm³/mol. The molecule has 31 heavy (non-hydrogen) atoms. The number of rotatable bonds is 6. The number of likely N-dealkylation sites (tertiary alicyclic amines) is 1. The van der Waals surface area contributed by atoms with Gasteiger partial charge in [0.1, 0.15) is 5.60 Å². The van der Waals surface area contributed by atoms with Crippen molar-refractivity contribution in [1.29, 1.82) is 0 Å². The first-order valence-electron chi connectivity index (χ1n) is 10.8. The Kier molecular flexibility index (Phi) is 4.73. The molecule has 2 bridgehead atoms. The van der Waals surface area contributed by atoms with E-state index in [9.17, 15) is 9.59 Å². The number of carbonyl (C=O) groups excluding carboxylic acids is 2. The van der Waals surface area contributed by atoms with Gasteiger partial charge in [-0.25, -0.2) is 0 Å². The molecule has 7 nitrogen and oxygen atoms in total. The summed E-state index contributed by atoms with van der Waals surface area (Å²) in [6.07, 6.45) is 7.25. The first kappa shape index (κ1) is 20.0. The minimum Gasteiger partial charge on any atom is -0.360 e. The molecule has 162 valence electrons. The number of hydrogen-bond donors (Lipinski definition) is 0. The van der Waals surface area contributed by atoms with Crippen LogP contribution in [0.1, 0.15) is 16.7 Å². The lowest BCUT2D eigenvalue weighted by Gasteiger charge is -2.27. The number of benzene rings is 1. The minimum absolute atomic E-state index is 0.0175. The van der Waals surface area contributed by atoms with Gasteiger partial charge in [-0.05, 0) is 36.6 Å². The van der Waals surface area contributed by atoms with Gasteiger partial charge in [0.05, 0.1) is 31.0 Å². The fourth-order valence-electron chi connectivity index (χ4n) is 5.17. The number of aromatic nitrogens is 2. The summed E-state index contributed by atoms with van der Waals surface area (Å²) in [6.45, 7) is 6.35. The summed E-state index contributed by atoms with van der Waals surface area (Å²) in [5.41, 5.74) is 2.88. The first-order chi connectivity index (χ1) is 14.9. The van der Waals surface area contributed by atoms with E-state index in [0.717, 1.165) is 5.56 Å². The van der Waals surface area contributed by atoms with Crippen LogP contribution in [0.2, 0.25) is 0 Å². The van der Waals surface area contributed by atoms with Crippen molar-refractivity contribution in [2.45, 2.75) is 38.6 Å². The van der Waals surface area contributed by atoms with Crippen molar-refractivity contribution in [2.24, 2.45) is 11.8 Å². The maximum atomic E-state index is 13.4. The monoisotopic (exact) mass is 420 g/mol. The number of ether oxygens (including phenoxy) is 1. The molecule has 4 heterocycles. The number of hydrogen-bond acceptors (Lipinski definition) is 4. The lowest BCUT2D eigenvalue weighted by Crippen LogP contribution is -2.45.